The molecule has 0 aliphatic rings. The molecule has 0 saturated heterocycles. The number of halogens is 3. The Bertz CT molecular complexity index is 144. The number of rotatable bonds is 4. The van der Waals surface area contributed by atoms with E-state index in [0.717, 1.165) is 0 Å². The molecule has 2 nitrogen and oxygen atoms in total. The van der Waals surface area contributed by atoms with Crippen LogP contribution in [0.1, 0.15) is 33.6 Å². The summed E-state index contributed by atoms with van der Waals surface area (Å²) >= 11 is 0. The van der Waals surface area contributed by atoms with Crippen molar-refractivity contribution < 1.29 is 18.3 Å². The Hall–Kier alpha value is -0.290. The minimum Gasteiger partial charge on any atom is -0.392 e. The van der Waals surface area contributed by atoms with Gasteiger partial charge in [0.25, 0.3) is 0 Å². The highest BCUT2D eigenvalue weighted by molar-refractivity contribution is 4.73. The van der Waals surface area contributed by atoms with Gasteiger partial charge in [-0.25, -0.2) is 0 Å². The minimum absolute atomic E-state index is 0.181. The molecule has 0 aliphatic heterocycles. The third-order valence-corrected chi connectivity index (χ3v) is 1.63. The van der Waals surface area contributed by atoms with Crippen molar-refractivity contribution in [3.05, 3.63) is 0 Å². The Kier molecular flexibility index (Phi) is 4.88. The zero-order valence-electron chi connectivity index (χ0n) is 8.78. The first kappa shape index (κ1) is 13.7. The molecule has 86 valence electrons. The van der Waals surface area contributed by atoms with Gasteiger partial charge in [0.2, 0.25) is 0 Å². The van der Waals surface area contributed by atoms with Crippen molar-refractivity contribution in [3.63, 3.8) is 0 Å². The summed E-state index contributed by atoms with van der Waals surface area (Å²) in [6, 6.07) is 0. The fourth-order valence-corrected chi connectivity index (χ4v) is 0.856. The molecule has 14 heavy (non-hydrogen) atoms. The van der Waals surface area contributed by atoms with E-state index in [1.165, 1.54) is 0 Å². The van der Waals surface area contributed by atoms with E-state index in [1.807, 2.05) is 20.8 Å². The van der Waals surface area contributed by atoms with Gasteiger partial charge in [0.1, 0.15) is 0 Å². The topological polar surface area (TPSA) is 32.3 Å². The molecule has 0 aromatic heterocycles. The van der Waals surface area contributed by atoms with E-state index in [2.05, 4.69) is 5.32 Å². The molecule has 1 atom stereocenters. The summed E-state index contributed by atoms with van der Waals surface area (Å²) in [5.74, 6) is 0. The van der Waals surface area contributed by atoms with Crippen LogP contribution in [0.15, 0.2) is 0 Å². The molecule has 0 rings (SSSR count). The molecule has 2 N–H and O–H groups in total. The molecule has 0 fully saturated rings. The molecule has 0 heterocycles. The van der Waals surface area contributed by atoms with E-state index in [9.17, 15) is 18.3 Å². The predicted octanol–water partition coefficient (Wildman–Crippen LogP) is 2.08. The van der Waals surface area contributed by atoms with Gasteiger partial charge >= 0.3 is 6.18 Å². The number of alkyl halides is 3. The maximum absolute atomic E-state index is 11.8. The summed E-state index contributed by atoms with van der Waals surface area (Å²) in [5, 5.41) is 12.2. The lowest BCUT2D eigenvalue weighted by Crippen LogP contribution is -2.41. The van der Waals surface area contributed by atoms with Gasteiger partial charge in [0.05, 0.1) is 6.10 Å². The Balaban J connectivity index is 3.62. The van der Waals surface area contributed by atoms with Crippen LogP contribution in [-0.4, -0.2) is 29.5 Å². The normalized spacial score (nSPS) is 15.6. The van der Waals surface area contributed by atoms with Crippen LogP contribution in [0.25, 0.3) is 0 Å². The van der Waals surface area contributed by atoms with Crippen LogP contribution >= 0.6 is 0 Å². The highest BCUT2D eigenvalue weighted by Gasteiger charge is 2.28. The van der Waals surface area contributed by atoms with Gasteiger partial charge in [0.15, 0.2) is 0 Å². The summed E-state index contributed by atoms with van der Waals surface area (Å²) in [6.07, 6.45) is -6.29. The van der Waals surface area contributed by atoms with E-state index in [1.54, 1.807) is 0 Å². The molecule has 0 aromatic rings. The van der Waals surface area contributed by atoms with Crippen molar-refractivity contribution in [2.24, 2.45) is 0 Å². The highest BCUT2D eigenvalue weighted by atomic mass is 19.4. The van der Waals surface area contributed by atoms with Gasteiger partial charge in [-0.3, -0.25) is 0 Å². The van der Waals surface area contributed by atoms with Crippen LogP contribution in [0.2, 0.25) is 0 Å². The summed E-state index contributed by atoms with van der Waals surface area (Å²) in [4.78, 5) is 0. The molecule has 0 bridgehead atoms. The summed E-state index contributed by atoms with van der Waals surface area (Å²) in [6.45, 7) is 5.87. The number of hydrogen-bond acceptors (Lipinski definition) is 2. The molecular formula is C9H18F3NO. The van der Waals surface area contributed by atoms with Crippen LogP contribution in [0, 0.1) is 0 Å². The number of hydrogen-bond donors (Lipinski definition) is 2. The van der Waals surface area contributed by atoms with Gasteiger partial charge in [0, 0.05) is 18.5 Å². The first-order valence-corrected chi connectivity index (χ1v) is 4.60. The molecule has 0 saturated carbocycles. The second-order valence-corrected chi connectivity index (χ2v) is 4.44. The largest absolute Gasteiger partial charge is 0.392 e. The molecule has 0 aliphatic carbocycles. The Labute approximate surface area is 82.5 Å². The Morgan fingerprint density at radius 1 is 1.21 bits per heavy atom. The van der Waals surface area contributed by atoms with Crippen molar-refractivity contribution >= 4 is 0 Å². The summed E-state index contributed by atoms with van der Waals surface area (Å²) in [7, 11) is 0. The molecule has 0 amide bonds. The van der Waals surface area contributed by atoms with Crippen molar-refractivity contribution in [1.29, 1.82) is 0 Å². The second kappa shape index (κ2) is 4.98. The number of nitrogens with one attached hydrogen (secondary N) is 1. The zero-order chi connectivity index (χ0) is 11.4. The molecule has 1 unspecified atom stereocenters. The van der Waals surface area contributed by atoms with E-state index in [0.29, 0.717) is 0 Å². The van der Waals surface area contributed by atoms with Gasteiger partial charge in [-0.15, -0.1) is 0 Å². The lowest BCUT2D eigenvalue weighted by Gasteiger charge is -2.23. The lowest BCUT2D eigenvalue weighted by atomic mass is 10.1. The van der Waals surface area contributed by atoms with Gasteiger partial charge in [-0.05, 0) is 27.2 Å². The Morgan fingerprint density at radius 2 is 1.71 bits per heavy atom. The Morgan fingerprint density at radius 3 is 2.07 bits per heavy atom. The predicted molar refractivity (Wildman–Crippen MR) is 49.1 cm³/mol. The summed E-state index contributed by atoms with van der Waals surface area (Å²) < 4.78 is 35.3. The first-order valence-electron chi connectivity index (χ1n) is 4.60. The zero-order valence-corrected chi connectivity index (χ0v) is 8.78. The van der Waals surface area contributed by atoms with Crippen LogP contribution in [0.5, 0.6) is 0 Å². The van der Waals surface area contributed by atoms with E-state index in [4.69, 9.17) is 0 Å². The molecule has 0 radical (unpaired) electrons. The van der Waals surface area contributed by atoms with E-state index >= 15 is 0 Å². The SMILES string of the molecule is CC(C)(C)NCC(O)CCC(F)(F)F. The van der Waals surface area contributed by atoms with Crippen LogP contribution in [0.3, 0.4) is 0 Å². The number of aliphatic hydroxyl groups is 1. The average Bonchev–Trinajstić information content (AvgIpc) is 1.94. The second-order valence-electron chi connectivity index (χ2n) is 4.44. The maximum Gasteiger partial charge on any atom is 0.389 e. The van der Waals surface area contributed by atoms with Crippen LogP contribution in [0.4, 0.5) is 13.2 Å². The van der Waals surface area contributed by atoms with Crippen molar-refractivity contribution in [2.75, 3.05) is 6.54 Å². The van der Waals surface area contributed by atoms with E-state index < -0.39 is 18.7 Å². The maximum atomic E-state index is 11.8. The molecular weight excluding hydrogens is 195 g/mol. The van der Waals surface area contributed by atoms with Gasteiger partial charge in [-0.1, -0.05) is 0 Å². The third-order valence-electron chi connectivity index (χ3n) is 1.63. The van der Waals surface area contributed by atoms with Gasteiger partial charge in [-0.2, -0.15) is 13.2 Å². The first-order chi connectivity index (χ1) is 6.10. The van der Waals surface area contributed by atoms with Crippen LogP contribution in [-0.2, 0) is 0 Å². The van der Waals surface area contributed by atoms with Gasteiger partial charge < -0.3 is 10.4 Å². The van der Waals surface area contributed by atoms with E-state index in [-0.39, 0.29) is 18.5 Å². The molecule has 5 heteroatoms. The van der Waals surface area contributed by atoms with Crippen LogP contribution < -0.4 is 5.32 Å². The molecule has 0 spiro atoms. The monoisotopic (exact) mass is 213 g/mol. The van der Waals surface area contributed by atoms with Crippen molar-refractivity contribution in [2.45, 2.75) is 51.4 Å². The number of aliphatic hydroxyl groups excluding tert-OH is 1. The fraction of sp³-hybridized carbons (Fsp3) is 1.00. The van der Waals surface area contributed by atoms with Crippen molar-refractivity contribution in [1.82, 2.24) is 5.32 Å². The average molecular weight is 213 g/mol. The number of β-amino-alcohol motifs (C(OH)–C–C–N with tert-alkyl or cyclic N) is 1. The third kappa shape index (κ3) is 9.80. The molecule has 0 aromatic carbocycles. The minimum atomic E-state index is -4.18. The highest BCUT2D eigenvalue weighted by Crippen LogP contribution is 2.22. The van der Waals surface area contributed by atoms with Crippen molar-refractivity contribution in [3.8, 4) is 0 Å². The summed E-state index contributed by atoms with van der Waals surface area (Å²) in [5.41, 5.74) is -0.181. The lowest BCUT2D eigenvalue weighted by molar-refractivity contribution is -0.139. The quantitative estimate of drug-likeness (QED) is 0.749. The fourth-order valence-electron chi connectivity index (χ4n) is 0.856. The standard InChI is InChI=1S/C9H18F3NO/c1-8(2,3)13-6-7(14)4-5-9(10,11)12/h7,13-14H,4-6H2,1-3H3. The smallest absolute Gasteiger partial charge is 0.389 e.